The molecule has 0 aromatic heterocycles. The maximum Gasteiger partial charge on any atom is 0.168 e. The van der Waals surface area contributed by atoms with E-state index in [2.05, 4.69) is 211 Å². The lowest BCUT2D eigenvalue weighted by Gasteiger charge is -2.49. The van der Waals surface area contributed by atoms with Crippen molar-refractivity contribution in [3.05, 3.63) is 0 Å². The Labute approximate surface area is 667 Å². The SMILES string of the molecule is C1CC2(C1)CNC2.C1CC2(C1)CSC2.C1CC2CCCC2C1.C1CCC2(CC1)CCCO2.C1CCC2(CC1)CCCO2.CC(C)(C)C.CC(C)(C)C.CC(C)(C)C.CC(C)(C)C.CC(C)(C)C.CC(C)(C)C.CC(C)C1CCC2(C1)OCCO2.CC(C)C1CCC2(CC1)OCCO2.O=C1CC2CCCC2C1. The summed E-state index contributed by atoms with van der Waals surface area (Å²) < 4.78 is 34.3. The van der Waals surface area contributed by atoms with Gasteiger partial charge in [-0.2, -0.15) is 11.8 Å². The van der Waals surface area contributed by atoms with Gasteiger partial charge >= 0.3 is 0 Å². The number of rotatable bonds is 2. The molecule has 6 saturated heterocycles. The van der Waals surface area contributed by atoms with E-state index >= 15 is 0 Å². The van der Waals surface area contributed by atoms with Gasteiger partial charge in [0.15, 0.2) is 11.6 Å². The van der Waals surface area contributed by atoms with Gasteiger partial charge in [0.2, 0.25) is 0 Å². The smallest absolute Gasteiger partial charge is 0.168 e. The molecule has 6 spiro atoms. The number of ether oxygens (including phenoxy) is 6. The molecule has 10 saturated carbocycles. The largest absolute Gasteiger partial charge is 0.375 e. The van der Waals surface area contributed by atoms with E-state index in [9.17, 15) is 4.79 Å². The summed E-state index contributed by atoms with van der Waals surface area (Å²) in [4.78, 5) is 10.9. The van der Waals surface area contributed by atoms with E-state index < -0.39 is 0 Å². The Kier molecular flexibility index (Phi) is 44.4. The highest BCUT2D eigenvalue weighted by molar-refractivity contribution is 8.00. The van der Waals surface area contributed by atoms with Gasteiger partial charge in [-0.3, -0.25) is 4.79 Å². The van der Waals surface area contributed by atoms with E-state index in [1.54, 1.807) is 38.5 Å². The zero-order chi connectivity index (χ0) is 79.8. The Hall–Kier alpha value is -0.260. The molecule has 10 aliphatic carbocycles. The molecular formula is C97H189NO7S. The van der Waals surface area contributed by atoms with Crippen molar-refractivity contribution in [1.29, 1.82) is 0 Å². The van der Waals surface area contributed by atoms with Gasteiger partial charge in [0.1, 0.15) is 5.78 Å². The van der Waals surface area contributed by atoms with Crippen LogP contribution in [0.3, 0.4) is 0 Å². The van der Waals surface area contributed by atoms with Crippen LogP contribution in [0.4, 0.5) is 0 Å². The molecule has 8 nitrogen and oxygen atoms in total. The summed E-state index contributed by atoms with van der Waals surface area (Å²) in [6.07, 6.45) is 51.7. The minimum absolute atomic E-state index is 0.158. The van der Waals surface area contributed by atoms with Gasteiger partial charge in [0, 0.05) is 64.8 Å². The molecule has 6 aliphatic heterocycles. The third-order valence-corrected chi connectivity index (χ3v) is 24.7. The van der Waals surface area contributed by atoms with Crippen LogP contribution in [0.15, 0.2) is 0 Å². The third-order valence-electron chi connectivity index (χ3n) is 23.1. The van der Waals surface area contributed by atoms with Crippen LogP contribution in [0, 0.1) is 90.7 Å². The Morgan fingerprint density at radius 1 is 0.311 bits per heavy atom. The predicted molar refractivity (Wildman–Crippen MR) is 464 cm³/mol. The van der Waals surface area contributed by atoms with Crippen LogP contribution in [-0.4, -0.2) is 92.8 Å². The van der Waals surface area contributed by atoms with Crippen molar-refractivity contribution in [3.63, 3.8) is 0 Å². The molecule has 16 aliphatic rings. The van der Waals surface area contributed by atoms with Gasteiger partial charge in [0.05, 0.1) is 37.6 Å². The lowest BCUT2D eigenvalue weighted by molar-refractivity contribution is -0.184. The number of carbonyl (C=O) groups excluding carboxylic acids is 1. The van der Waals surface area contributed by atoms with E-state index in [4.69, 9.17) is 28.4 Å². The van der Waals surface area contributed by atoms with Gasteiger partial charge in [0.25, 0.3) is 0 Å². The minimum atomic E-state index is -0.161. The number of fused-ring (bicyclic) bond motifs is 2. The summed E-state index contributed by atoms with van der Waals surface area (Å²) in [5, 5.41) is 3.30. The molecule has 16 fully saturated rings. The highest BCUT2D eigenvalue weighted by Gasteiger charge is 2.46. The number of nitrogens with one attached hydrogen (secondary N) is 1. The third kappa shape index (κ3) is 46.9. The number of ketones is 1. The number of hydrogen-bond acceptors (Lipinski definition) is 9. The van der Waals surface area contributed by atoms with Crippen LogP contribution < -0.4 is 5.32 Å². The summed E-state index contributed by atoms with van der Waals surface area (Å²) in [5.74, 6) is 10.4. The first-order chi connectivity index (χ1) is 48.9. The maximum absolute atomic E-state index is 10.9. The van der Waals surface area contributed by atoms with Crippen molar-refractivity contribution in [1.82, 2.24) is 5.32 Å². The van der Waals surface area contributed by atoms with E-state index in [-0.39, 0.29) is 11.6 Å². The first-order valence-electron chi connectivity index (χ1n) is 45.6. The Morgan fingerprint density at radius 3 is 0.830 bits per heavy atom. The summed E-state index contributed by atoms with van der Waals surface area (Å²) in [7, 11) is 0. The van der Waals surface area contributed by atoms with Crippen molar-refractivity contribution < 1.29 is 33.2 Å². The fraction of sp³-hybridized carbons (Fsp3) is 0.990. The molecule has 9 heteroatoms. The molecule has 0 bridgehead atoms. The normalized spacial score (nSPS) is 28.1. The molecule has 3 atom stereocenters. The monoisotopic (exact) mass is 1510 g/mol. The van der Waals surface area contributed by atoms with Gasteiger partial charge in [-0.1, -0.05) is 290 Å². The van der Waals surface area contributed by atoms with Gasteiger partial charge in [-0.15, -0.1) is 0 Å². The molecule has 6 heterocycles. The van der Waals surface area contributed by atoms with Crippen molar-refractivity contribution in [2.75, 3.05) is 64.2 Å². The van der Waals surface area contributed by atoms with Gasteiger partial charge in [-0.05, 0) is 211 Å². The number of hydrogen-bond donors (Lipinski definition) is 1. The topological polar surface area (TPSA) is 84.5 Å². The van der Waals surface area contributed by atoms with Crippen molar-refractivity contribution in [2.45, 2.75) is 461 Å². The molecule has 16 rings (SSSR count). The zero-order valence-electron chi connectivity index (χ0n) is 76.8. The van der Waals surface area contributed by atoms with Crippen LogP contribution in [-0.2, 0) is 33.2 Å². The van der Waals surface area contributed by atoms with E-state index in [0.29, 0.717) is 49.5 Å². The summed E-state index contributed by atoms with van der Waals surface area (Å²) >= 11 is 2.12. The zero-order valence-corrected chi connectivity index (χ0v) is 77.6. The fourth-order valence-electron chi connectivity index (χ4n) is 17.3. The second-order valence-corrected chi connectivity index (χ2v) is 48.0. The Bertz CT molecular complexity index is 1970. The van der Waals surface area contributed by atoms with Gasteiger partial charge in [-0.25, -0.2) is 0 Å². The first-order valence-corrected chi connectivity index (χ1v) is 46.7. The van der Waals surface area contributed by atoms with Crippen LogP contribution in [0.2, 0.25) is 0 Å². The van der Waals surface area contributed by atoms with E-state index in [1.165, 1.54) is 203 Å². The maximum atomic E-state index is 10.9. The molecular weight excluding hydrogens is 1320 g/mol. The minimum Gasteiger partial charge on any atom is -0.375 e. The summed E-state index contributed by atoms with van der Waals surface area (Å²) in [5.41, 5.74) is 5.49. The second kappa shape index (κ2) is 47.1. The van der Waals surface area contributed by atoms with Gasteiger partial charge < -0.3 is 33.7 Å². The van der Waals surface area contributed by atoms with E-state index in [1.807, 2.05) is 0 Å². The van der Waals surface area contributed by atoms with Crippen LogP contribution in [0.5, 0.6) is 0 Å². The van der Waals surface area contributed by atoms with Crippen LogP contribution in [0.1, 0.15) is 438 Å². The lowest BCUT2D eigenvalue weighted by Crippen LogP contribution is -2.57. The Morgan fingerprint density at radius 2 is 0.604 bits per heavy atom. The van der Waals surface area contributed by atoms with Crippen molar-refractivity contribution in [2.24, 2.45) is 90.7 Å². The van der Waals surface area contributed by atoms with Crippen molar-refractivity contribution in [3.8, 4) is 0 Å². The van der Waals surface area contributed by atoms with Crippen LogP contribution >= 0.6 is 11.8 Å². The first kappa shape index (κ1) is 99.9. The molecule has 1 N–H and O–H groups in total. The highest BCUT2D eigenvalue weighted by Crippen LogP contribution is 2.53. The number of Topliss-reactive ketones (excluding diaryl/α,β-unsaturated/α-hetero) is 1. The van der Waals surface area contributed by atoms with E-state index in [0.717, 1.165) is 125 Å². The molecule has 106 heavy (non-hydrogen) atoms. The fourth-order valence-corrected chi connectivity index (χ4v) is 18.6. The Balaban J connectivity index is 0.000000300. The number of thioether (sulfide) groups is 1. The molecule has 0 radical (unpaired) electrons. The molecule has 0 aromatic carbocycles. The van der Waals surface area contributed by atoms with Crippen LogP contribution in [0.25, 0.3) is 0 Å². The molecule has 0 aromatic rings. The lowest BCUT2D eigenvalue weighted by atomic mass is 9.65. The quantitative estimate of drug-likeness (QED) is 0.291. The number of carbonyl (C=O) groups is 1. The average Bonchev–Trinajstić information content (AvgIpc) is 1.42. The summed E-state index contributed by atoms with van der Waals surface area (Å²) in [6, 6.07) is 0. The predicted octanol–water partition coefficient (Wildman–Crippen LogP) is 29.1. The standard InChI is InChI=1S/C11H20O2.C10H18O2.2C9H16O.C8H12O.C8H14.C6H11N.C6H10S.6C5H12/c1-9(2)10-3-5-11(6-4-10)12-7-8-13-11;1-8(2)9-3-4-10(7-9)11-5-6-12-10;2*1-2-5-9(6-3-1)7-4-8-10-9;9-8-4-6-2-1-3-7(6)5-8;1-3-7-5-2-6-8(7)4-1;2*1-2-6(3-1)4-7-5-6;6*1-5(2,3)4/h9-10H,3-8H2,1-2H3;8-9H,3-7H2,1-2H3;2*1-8H2;6-7H,1-5H2;7-8H,1-6H2;7H,1-5H2;1-5H2;6*1-4H3. The summed E-state index contributed by atoms with van der Waals surface area (Å²) in [6.45, 7) is 69.6. The average molecular weight is 1510 g/mol. The second-order valence-electron chi connectivity index (χ2n) is 47.0. The molecule has 0 amide bonds. The molecule has 630 valence electrons. The highest BCUT2D eigenvalue weighted by atomic mass is 32.2. The molecule has 3 unspecified atom stereocenters. The van der Waals surface area contributed by atoms with Crippen molar-refractivity contribution >= 4 is 17.5 Å².